The van der Waals surface area contributed by atoms with E-state index in [1.807, 2.05) is 0 Å². The summed E-state index contributed by atoms with van der Waals surface area (Å²) in [6.07, 6.45) is 1.08. The van der Waals surface area contributed by atoms with Crippen LogP contribution in [0.5, 0.6) is 0 Å². The van der Waals surface area contributed by atoms with Crippen molar-refractivity contribution in [3.05, 3.63) is 5.56 Å². The Labute approximate surface area is 69.5 Å². The lowest BCUT2D eigenvalue weighted by Gasteiger charge is -2.05. The fourth-order valence-corrected chi connectivity index (χ4v) is 0.838. The molecule has 1 aromatic rings. The number of aromatic nitrogens is 2. The van der Waals surface area contributed by atoms with Gasteiger partial charge in [-0.3, -0.25) is 0 Å². The van der Waals surface area contributed by atoms with Crippen molar-refractivity contribution in [2.24, 2.45) is 0 Å². The topological polar surface area (TPSA) is 114 Å². The minimum Gasteiger partial charge on any atom is -0.383 e. The van der Waals surface area contributed by atoms with Gasteiger partial charge in [-0.05, 0) is 0 Å². The molecule has 0 unspecified atom stereocenters. The Kier molecular flexibility index (Phi) is 2.09. The first kappa shape index (κ1) is 8.25. The maximum absolute atomic E-state index is 7.03. The minimum absolute atomic E-state index is 0.0995. The van der Waals surface area contributed by atoms with Crippen molar-refractivity contribution in [2.45, 2.75) is 0 Å². The van der Waals surface area contributed by atoms with Gasteiger partial charge in [0.2, 0.25) is 5.95 Å². The van der Waals surface area contributed by atoms with Crippen molar-refractivity contribution in [1.82, 2.24) is 9.97 Å². The summed E-state index contributed by atoms with van der Waals surface area (Å²) in [6.45, 7) is 0. The predicted octanol–water partition coefficient (Wildman–Crippen LogP) is -0.320. The number of anilines is 3. The van der Waals surface area contributed by atoms with Gasteiger partial charge in [0.25, 0.3) is 0 Å². The molecule has 0 fully saturated rings. The normalized spacial score (nSPS) is 9.42. The number of nitrogen functional groups attached to an aromatic ring is 2. The summed E-state index contributed by atoms with van der Waals surface area (Å²) in [5, 5.41) is 9.80. The number of nitrogens with zero attached hydrogens (tertiary/aromatic N) is 2. The molecular weight excluding hydrogens is 156 g/mol. The second-order valence-electron chi connectivity index (χ2n) is 2.12. The van der Waals surface area contributed by atoms with Gasteiger partial charge in [-0.25, -0.2) is 0 Å². The van der Waals surface area contributed by atoms with Crippen LogP contribution in [-0.2, 0) is 0 Å². The van der Waals surface area contributed by atoms with Gasteiger partial charge in [0.1, 0.15) is 11.6 Å². The Morgan fingerprint density at radius 2 is 2.08 bits per heavy atom. The molecule has 0 aliphatic rings. The van der Waals surface area contributed by atoms with Crippen LogP contribution in [0.15, 0.2) is 0 Å². The zero-order valence-corrected chi connectivity index (χ0v) is 6.63. The highest BCUT2D eigenvalue weighted by Gasteiger charge is 2.06. The minimum atomic E-state index is 0.0995. The number of rotatable bonds is 2. The lowest BCUT2D eigenvalue weighted by Crippen LogP contribution is -2.08. The first-order valence-electron chi connectivity index (χ1n) is 3.30. The van der Waals surface area contributed by atoms with Crippen molar-refractivity contribution >= 4 is 23.8 Å². The van der Waals surface area contributed by atoms with Crippen LogP contribution in [0.25, 0.3) is 0 Å². The fraction of sp³-hybridized carbons (Fsp3) is 0.167. The zero-order valence-electron chi connectivity index (χ0n) is 6.63. The fourth-order valence-electron chi connectivity index (χ4n) is 0.838. The highest BCUT2D eigenvalue weighted by atomic mass is 15.1. The standard InChI is InChI=1S/C6H10N6/c1-10-5-3(2-7)4(8)11-6(9)12-5/h2,7H,1H3,(H5,8,9,10,11,12). The molecule has 0 aliphatic heterocycles. The molecule has 0 aromatic carbocycles. The lowest BCUT2D eigenvalue weighted by atomic mass is 10.3. The molecule has 0 saturated carbocycles. The van der Waals surface area contributed by atoms with Gasteiger partial charge in [-0.1, -0.05) is 0 Å². The van der Waals surface area contributed by atoms with E-state index in [2.05, 4.69) is 15.3 Å². The first-order chi connectivity index (χ1) is 5.69. The largest absolute Gasteiger partial charge is 0.383 e. The van der Waals surface area contributed by atoms with Crippen LogP contribution >= 0.6 is 0 Å². The van der Waals surface area contributed by atoms with Gasteiger partial charge in [0.05, 0.1) is 5.56 Å². The third-order valence-electron chi connectivity index (χ3n) is 1.37. The smallest absolute Gasteiger partial charge is 0.223 e. The molecule has 6 N–H and O–H groups in total. The van der Waals surface area contributed by atoms with E-state index in [0.29, 0.717) is 11.4 Å². The number of nitrogens with two attached hydrogens (primary N) is 2. The third-order valence-corrected chi connectivity index (χ3v) is 1.37. The summed E-state index contributed by atoms with van der Waals surface area (Å²) in [5.41, 5.74) is 11.3. The van der Waals surface area contributed by atoms with E-state index in [1.165, 1.54) is 0 Å². The molecule has 0 bridgehead atoms. The molecule has 12 heavy (non-hydrogen) atoms. The Balaban J connectivity index is 3.33. The Morgan fingerprint density at radius 3 is 2.58 bits per heavy atom. The summed E-state index contributed by atoms with van der Waals surface area (Å²) in [6, 6.07) is 0. The van der Waals surface area contributed by atoms with Crippen molar-refractivity contribution in [3.63, 3.8) is 0 Å². The molecule has 1 heterocycles. The first-order valence-corrected chi connectivity index (χ1v) is 3.30. The van der Waals surface area contributed by atoms with Crippen LogP contribution in [0.2, 0.25) is 0 Å². The van der Waals surface area contributed by atoms with Crippen molar-refractivity contribution < 1.29 is 0 Å². The highest BCUT2D eigenvalue weighted by molar-refractivity contribution is 5.90. The Hall–Kier alpha value is -1.85. The van der Waals surface area contributed by atoms with Gasteiger partial charge in [-0.2, -0.15) is 9.97 Å². The number of nitrogens with one attached hydrogen (secondary N) is 2. The molecule has 0 radical (unpaired) electrons. The second kappa shape index (κ2) is 3.04. The summed E-state index contributed by atoms with van der Waals surface area (Å²) in [4.78, 5) is 7.55. The van der Waals surface area contributed by atoms with E-state index in [4.69, 9.17) is 16.9 Å². The van der Waals surface area contributed by atoms with E-state index in [-0.39, 0.29) is 11.8 Å². The quantitative estimate of drug-likeness (QED) is 0.449. The average molecular weight is 166 g/mol. The second-order valence-corrected chi connectivity index (χ2v) is 2.12. The van der Waals surface area contributed by atoms with Crippen molar-refractivity contribution in [3.8, 4) is 0 Å². The maximum atomic E-state index is 7.03. The molecule has 0 amide bonds. The molecule has 64 valence electrons. The van der Waals surface area contributed by atoms with Crippen LogP contribution in [-0.4, -0.2) is 23.2 Å². The number of hydrogen-bond donors (Lipinski definition) is 4. The van der Waals surface area contributed by atoms with Gasteiger partial charge in [0, 0.05) is 13.3 Å². The highest BCUT2D eigenvalue weighted by Crippen LogP contribution is 2.15. The van der Waals surface area contributed by atoms with E-state index in [1.54, 1.807) is 7.05 Å². The molecule has 1 rings (SSSR count). The van der Waals surface area contributed by atoms with Gasteiger partial charge >= 0.3 is 0 Å². The zero-order chi connectivity index (χ0) is 9.14. The third kappa shape index (κ3) is 1.26. The molecule has 0 spiro atoms. The average Bonchev–Trinajstić information content (AvgIpc) is 2.03. The van der Waals surface area contributed by atoms with Gasteiger partial charge < -0.3 is 22.2 Å². The van der Waals surface area contributed by atoms with Crippen LogP contribution in [0.4, 0.5) is 17.6 Å². The number of hydrogen-bond acceptors (Lipinski definition) is 6. The summed E-state index contributed by atoms with van der Waals surface area (Å²) >= 11 is 0. The van der Waals surface area contributed by atoms with Gasteiger partial charge in [-0.15, -0.1) is 0 Å². The van der Waals surface area contributed by atoms with Crippen LogP contribution in [0, 0.1) is 5.41 Å². The molecule has 0 atom stereocenters. The van der Waals surface area contributed by atoms with Crippen LogP contribution in [0.1, 0.15) is 5.56 Å². The maximum Gasteiger partial charge on any atom is 0.223 e. The molecule has 1 aromatic heterocycles. The molecular formula is C6H10N6. The summed E-state index contributed by atoms with van der Waals surface area (Å²) < 4.78 is 0. The van der Waals surface area contributed by atoms with E-state index in [9.17, 15) is 0 Å². The van der Waals surface area contributed by atoms with Crippen LogP contribution < -0.4 is 16.8 Å². The SMILES string of the molecule is CNc1nc(N)nc(N)c1C=N. The summed E-state index contributed by atoms with van der Waals surface area (Å²) in [7, 11) is 1.67. The van der Waals surface area contributed by atoms with E-state index >= 15 is 0 Å². The molecule has 0 aliphatic carbocycles. The van der Waals surface area contributed by atoms with Crippen molar-refractivity contribution in [2.75, 3.05) is 23.8 Å². The van der Waals surface area contributed by atoms with Crippen LogP contribution in [0.3, 0.4) is 0 Å². The Bertz CT molecular complexity index is 307. The Morgan fingerprint density at radius 1 is 1.42 bits per heavy atom. The van der Waals surface area contributed by atoms with Crippen molar-refractivity contribution in [1.29, 1.82) is 5.41 Å². The predicted molar refractivity (Wildman–Crippen MR) is 48.3 cm³/mol. The van der Waals surface area contributed by atoms with Gasteiger partial charge in [0.15, 0.2) is 0 Å². The molecule has 6 nitrogen and oxygen atoms in total. The molecule has 0 saturated heterocycles. The lowest BCUT2D eigenvalue weighted by molar-refractivity contribution is 1.18. The summed E-state index contributed by atoms with van der Waals surface area (Å²) in [5.74, 6) is 0.777. The monoisotopic (exact) mass is 166 g/mol. The van der Waals surface area contributed by atoms with E-state index in [0.717, 1.165) is 6.21 Å². The van der Waals surface area contributed by atoms with E-state index < -0.39 is 0 Å². The molecule has 6 heteroatoms.